The van der Waals surface area contributed by atoms with Crippen LogP contribution >= 0.6 is 0 Å². The van der Waals surface area contributed by atoms with Crippen molar-refractivity contribution in [2.45, 2.75) is 32.4 Å². The van der Waals surface area contributed by atoms with Gasteiger partial charge in [0.25, 0.3) is 0 Å². The fraction of sp³-hybridized carbons (Fsp3) is 0.529. The Hall–Kier alpha value is -2.08. The van der Waals surface area contributed by atoms with Gasteiger partial charge in [-0.25, -0.2) is 0 Å². The molecular weight excluding hydrogens is 294 g/mol. The van der Waals surface area contributed by atoms with Gasteiger partial charge in [0.15, 0.2) is 0 Å². The number of benzene rings is 1. The summed E-state index contributed by atoms with van der Waals surface area (Å²) < 4.78 is 5.22. The van der Waals surface area contributed by atoms with Crippen LogP contribution in [-0.4, -0.2) is 55.5 Å². The average Bonchev–Trinajstić information content (AvgIpc) is 2.53. The Bertz CT molecular complexity index is 562. The minimum atomic E-state index is -0.551. The lowest BCUT2D eigenvalue weighted by Crippen LogP contribution is -2.57. The highest BCUT2D eigenvalue weighted by molar-refractivity contribution is 5.87. The molecule has 2 atom stereocenters. The van der Waals surface area contributed by atoms with Gasteiger partial charge in [0.05, 0.1) is 7.11 Å². The molecule has 0 aromatic heterocycles. The SMILES string of the molecule is COc1cccc(C[C@H](NC(C)=O)C(=O)N2CCN[C@@H](C)C2)c1. The highest BCUT2D eigenvalue weighted by Gasteiger charge is 2.28. The van der Waals surface area contributed by atoms with E-state index in [9.17, 15) is 9.59 Å². The van der Waals surface area contributed by atoms with Crippen LogP contribution in [0, 0.1) is 0 Å². The molecule has 1 aromatic carbocycles. The van der Waals surface area contributed by atoms with Crippen LogP contribution < -0.4 is 15.4 Å². The summed E-state index contributed by atoms with van der Waals surface area (Å²) in [6, 6.07) is 7.29. The Balaban J connectivity index is 2.12. The normalized spacial score (nSPS) is 19.1. The van der Waals surface area contributed by atoms with Crippen LogP contribution in [0.25, 0.3) is 0 Å². The summed E-state index contributed by atoms with van der Waals surface area (Å²) in [5, 5.41) is 6.10. The van der Waals surface area contributed by atoms with Crippen molar-refractivity contribution in [3.63, 3.8) is 0 Å². The first kappa shape index (κ1) is 17.3. The molecule has 2 amide bonds. The Kier molecular flexibility index (Phi) is 5.98. The quantitative estimate of drug-likeness (QED) is 0.832. The minimum absolute atomic E-state index is 0.0311. The summed E-state index contributed by atoms with van der Waals surface area (Å²) in [6.45, 7) is 5.59. The van der Waals surface area contributed by atoms with Crippen molar-refractivity contribution in [2.24, 2.45) is 0 Å². The van der Waals surface area contributed by atoms with E-state index < -0.39 is 6.04 Å². The average molecular weight is 319 g/mol. The standard InChI is InChI=1S/C17H25N3O3/c1-12-11-20(8-7-18-12)17(22)16(19-13(2)21)10-14-5-4-6-15(9-14)23-3/h4-6,9,12,16,18H,7-8,10-11H2,1-3H3,(H,19,21)/t12-,16-/m0/s1. The zero-order valence-electron chi connectivity index (χ0n) is 14.0. The van der Waals surface area contributed by atoms with Crippen molar-refractivity contribution < 1.29 is 14.3 Å². The number of hydrogen-bond acceptors (Lipinski definition) is 4. The highest BCUT2D eigenvalue weighted by atomic mass is 16.5. The summed E-state index contributed by atoms with van der Waals surface area (Å²) in [5.74, 6) is 0.512. The van der Waals surface area contributed by atoms with Gasteiger partial charge in [0.1, 0.15) is 11.8 Å². The van der Waals surface area contributed by atoms with E-state index in [1.54, 1.807) is 7.11 Å². The van der Waals surface area contributed by atoms with Gasteiger partial charge in [0.2, 0.25) is 11.8 Å². The second-order valence-electron chi connectivity index (χ2n) is 5.95. The van der Waals surface area contributed by atoms with Gasteiger partial charge in [-0.15, -0.1) is 0 Å². The van der Waals surface area contributed by atoms with E-state index in [1.165, 1.54) is 6.92 Å². The predicted octanol–water partition coefficient (Wildman–Crippen LogP) is 0.563. The number of nitrogens with zero attached hydrogens (tertiary/aromatic N) is 1. The largest absolute Gasteiger partial charge is 0.497 e. The van der Waals surface area contributed by atoms with Gasteiger partial charge in [-0.1, -0.05) is 12.1 Å². The third kappa shape index (κ3) is 4.96. The van der Waals surface area contributed by atoms with Crippen molar-refractivity contribution in [3.05, 3.63) is 29.8 Å². The maximum atomic E-state index is 12.8. The van der Waals surface area contributed by atoms with Crippen LogP contribution in [0.3, 0.4) is 0 Å². The highest BCUT2D eigenvalue weighted by Crippen LogP contribution is 2.15. The van der Waals surface area contributed by atoms with E-state index in [4.69, 9.17) is 4.74 Å². The lowest BCUT2D eigenvalue weighted by atomic mass is 10.0. The maximum absolute atomic E-state index is 12.8. The predicted molar refractivity (Wildman–Crippen MR) is 88.3 cm³/mol. The summed E-state index contributed by atoms with van der Waals surface area (Å²) in [5.41, 5.74) is 0.958. The third-order valence-electron chi connectivity index (χ3n) is 3.93. The van der Waals surface area contributed by atoms with Crippen LogP contribution in [0.4, 0.5) is 0 Å². The second-order valence-corrected chi connectivity index (χ2v) is 5.95. The number of rotatable bonds is 5. The summed E-state index contributed by atoms with van der Waals surface area (Å²) >= 11 is 0. The van der Waals surface area contributed by atoms with Crippen molar-refractivity contribution in [2.75, 3.05) is 26.7 Å². The molecule has 2 N–H and O–H groups in total. The first-order valence-electron chi connectivity index (χ1n) is 7.92. The fourth-order valence-corrected chi connectivity index (χ4v) is 2.83. The first-order valence-corrected chi connectivity index (χ1v) is 7.92. The number of carbonyl (C=O) groups is 2. The molecule has 1 aliphatic rings. The van der Waals surface area contributed by atoms with E-state index in [-0.39, 0.29) is 17.9 Å². The Morgan fingerprint density at radius 1 is 1.48 bits per heavy atom. The molecule has 1 saturated heterocycles. The molecule has 1 heterocycles. The Morgan fingerprint density at radius 3 is 2.91 bits per heavy atom. The van der Waals surface area contributed by atoms with Gasteiger partial charge in [-0.2, -0.15) is 0 Å². The van der Waals surface area contributed by atoms with Gasteiger partial charge >= 0.3 is 0 Å². The summed E-state index contributed by atoms with van der Waals surface area (Å²) in [7, 11) is 1.61. The van der Waals surface area contributed by atoms with Crippen LogP contribution in [0.5, 0.6) is 5.75 Å². The van der Waals surface area contributed by atoms with Gasteiger partial charge < -0.3 is 20.3 Å². The number of methoxy groups -OCH3 is 1. The Morgan fingerprint density at radius 2 is 2.26 bits per heavy atom. The molecule has 126 valence electrons. The van der Waals surface area contributed by atoms with Crippen molar-refractivity contribution in [1.29, 1.82) is 0 Å². The molecule has 0 aliphatic carbocycles. The van der Waals surface area contributed by atoms with E-state index >= 15 is 0 Å². The lowest BCUT2D eigenvalue weighted by molar-refractivity contribution is -0.137. The number of nitrogens with one attached hydrogen (secondary N) is 2. The van der Waals surface area contributed by atoms with Crippen molar-refractivity contribution in [1.82, 2.24) is 15.5 Å². The van der Waals surface area contributed by atoms with Crippen molar-refractivity contribution >= 4 is 11.8 Å². The molecule has 1 aliphatic heterocycles. The van der Waals surface area contributed by atoms with Gasteiger partial charge in [-0.05, 0) is 24.6 Å². The molecule has 23 heavy (non-hydrogen) atoms. The third-order valence-corrected chi connectivity index (χ3v) is 3.93. The van der Waals surface area contributed by atoms with Crippen molar-refractivity contribution in [3.8, 4) is 5.75 Å². The minimum Gasteiger partial charge on any atom is -0.497 e. The smallest absolute Gasteiger partial charge is 0.245 e. The van der Waals surface area contributed by atoms with E-state index in [0.717, 1.165) is 17.9 Å². The van der Waals surface area contributed by atoms with Crippen LogP contribution in [-0.2, 0) is 16.0 Å². The topological polar surface area (TPSA) is 70.7 Å². The molecule has 6 heteroatoms. The van der Waals surface area contributed by atoms with Crippen LogP contribution in [0.2, 0.25) is 0 Å². The molecule has 0 unspecified atom stereocenters. The number of piperazine rings is 1. The zero-order valence-corrected chi connectivity index (χ0v) is 14.0. The Labute approximate surface area is 137 Å². The molecule has 0 spiro atoms. The second kappa shape index (κ2) is 7.97. The monoisotopic (exact) mass is 319 g/mol. The summed E-state index contributed by atoms with van der Waals surface area (Å²) in [4.78, 5) is 26.1. The first-order chi connectivity index (χ1) is 11.0. The fourth-order valence-electron chi connectivity index (χ4n) is 2.83. The molecule has 6 nitrogen and oxygen atoms in total. The van der Waals surface area contributed by atoms with Gasteiger partial charge in [0, 0.05) is 39.0 Å². The van der Waals surface area contributed by atoms with E-state index in [1.807, 2.05) is 29.2 Å². The molecule has 2 rings (SSSR count). The number of ether oxygens (including phenoxy) is 1. The number of carbonyl (C=O) groups excluding carboxylic acids is 2. The summed E-state index contributed by atoms with van der Waals surface area (Å²) in [6.07, 6.45) is 0.452. The van der Waals surface area contributed by atoms with E-state index in [0.29, 0.717) is 19.5 Å². The number of amides is 2. The number of hydrogen-bond donors (Lipinski definition) is 2. The zero-order chi connectivity index (χ0) is 16.8. The van der Waals surface area contributed by atoms with E-state index in [2.05, 4.69) is 17.6 Å². The van der Waals surface area contributed by atoms with Crippen LogP contribution in [0.1, 0.15) is 19.4 Å². The molecule has 0 saturated carbocycles. The maximum Gasteiger partial charge on any atom is 0.245 e. The molecule has 1 aromatic rings. The van der Waals surface area contributed by atoms with Gasteiger partial charge in [-0.3, -0.25) is 9.59 Å². The molecule has 1 fully saturated rings. The van der Waals surface area contributed by atoms with Crippen LogP contribution in [0.15, 0.2) is 24.3 Å². The molecule has 0 bridgehead atoms. The molecular formula is C17H25N3O3. The molecule has 0 radical (unpaired) electrons. The lowest BCUT2D eigenvalue weighted by Gasteiger charge is -2.34.